The molecular weight excluding hydrogens is 318 g/mol. The van der Waals surface area contributed by atoms with Crippen molar-refractivity contribution in [2.45, 2.75) is 26.7 Å². The first kappa shape index (κ1) is 19.1. The van der Waals surface area contributed by atoms with Gasteiger partial charge in [0.05, 0.1) is 13.2 Å². The van der Waals surface area contributed by atoms with Gasteiger partial charge in [-0.1, -0.05) is 74.5 Å². The van der Waals surface area contributed by atoms with E-state index in [1.54, 1.807) is 0 Å². The fourth-order valence-corrected chi connectivity index (χ4v) is 2.79. The van der Waals surface area contributed by atoms with Crippen LogP contribution in [0, 0.1) is 0 Å². The van der Waals surface area contributed by atoms with Crippen molar-refractivity contribution >= 4 is 11.1 Å². The zero-order chi connectivity index (χ0) is 18.1. The summed E-state index contributed by atoms with van der Waals surface area (Å²) < 4.78 is 34.2. The molecule has 1 nitrogen and oxygen atoms in total. The Hall–Kier alpha value is -2.26. The highest BCUT2D eigenvalue weighted by atomic mass is 19.1. The van der Waals surface area contributed by atoms with Gasteiger partial charge in [0.1, 0.15) is 11.7 Å². The monoisotopic (exact) mass is 342 g/mol. The average molecular weight is 342 g/mol. The van der Waals surface area contributed by atoms with Crippen LogP contribution in [0.3, 0.4) is 0 Å². The number of allylic oxidation sites excluding steroid dienone is 2. The van der Waals surface area contributed by atoms with E-state index in [1.807, 2.05) is 74.5 Å². The van der Waals surface area contributed by atoms with Crippen LogP contribution in [0.4, 0.5) is 8.78 Å². The summed E-state index contributed by atoms with van der Waals surface area (Å²) >= 11 is 0. The van der Waals surface area contributed by atoms with Crippen LogP contribution in [0.25, 0.3) is 11.1 Å². The second kappa shape index (κ2) is 9.90. The molecule has 2 aromatic rings. The first-order valence-electron chi connectivity index (χ1n) is 8.61. The largest absolute Gasteiger partial charge is 0.367 e. The van der Waals surface area contributed by atoms with Crippen molar-refractivity contribution in [3.8, 4) is 0 Å². The molecule has 2 aromatic carbocycles. The summed E-state index contributed by atoms with van der Waals surface area (Å²) in [6, 6.07) is 18.7. The van der Waals surface area contributed by atoms with Crippen LogP contribution in [-0.4, -0.2) is 13.2 Å². The minimum Gasteiger partial charge on any atom is -0.367 e. The molecule has 0 heterocycles. The van der Waals surface area contributed by atoms with Crippen molar-refractivity contribution in [2.75, 3.05) is 13.2 Å². The van der Waals surface area contributed by atoms with Crippen molar-refractivity contribution in [1.82, 2.24) is 0 Å². The van der Waals surface area contributed by atoms with E-state index < -0.39 is 0 Å². The Labute approximate surface area is 148 Å². The van der Waals surface area contributed by atoms with E-state index in [0.29, 0.717) is 24.0 Å². The lowest BCUT2D eigenvalue weighted by molar-refractivity contribution is 0.151. The van der Waals surface area contributed by atoms with Crippen LogP contribution in [-0.2, 0) is 4.74 Å². The van der Waals surface area contributed by atoms with Gasteiger partial charge >= 0.3 is 0 Å². The molecule has 0 N–H and O–H groups in total. The van der Waals surface area contributed by atoms with E-state index >= 15 is 0 Å². The molecule has 0 aliphatic rings. The molecule has 0 aromatic heterocycles. The molecule has 0 unspecified atom stereocenters. The zero-order valence-corrected chi connectivity index (χ0v) is 14.8. The molecule has 2 rings (SSSR count). The van der Waals surface area contributed by atoms with Gasteiger partial charge < -0.3 is 4.74 Å². The van der Waals surface area contributed by atoms with Crippen molar-refractivity contribution in [3.05, 3.63) is 83.4 Å². The lowest BCUT2D eigenvalue weighted by atomic mass is 10.0. The Kier molecular flexibility index (Phi) is 7.55. The quantitative estimate of drug-likeness (QED) is 0.526. The summed E-state index contributed by atoms with van der Waals surface area (Å²) in [5.74, 6) is -0.696. The van der Waals surface area contributed by atoms with Crippen molar-refractivity contribution in [2.24, 2.45) is 0 Å². The second-order valence-corrected chi connectivity index (χ2v) is 5.70. The molecule has 0 aliphatic heterocycles. The predicted molar refractivity (Wildman–Crippen MR) is 100 cm³/mol. The standard InChI is InChI=1S/C22H24F2O/c1-3-19(17-11-7-5-8-12-17)21(23)15-25-16-22(24)20(4-2)18-13-9-6-10-14-18/h5-14H,3-4,15-16H2,1-2H3. The van der Waals surface area contributed by atoms with E-state index in [2.05, 4.69) is 0 Å². The Morgan fingerprint density at radius 2 is 1.04 bits per heavy atom. The molecule has 0 radical (unpaired) electrons. The van der Waals surface area contributed by atoms with Crippen LogP contribution in [0.5, 0.6) is 0 Å². The normalized spacial score (nSPS) is 13.3. The molecule has 0 bridgehead atoms. The summed E-state index contributed by atoms with van der Waals surface area (Å²) in [7, 11) is 0. The Balaban J connectivity index is 2.05. The first-order chi connectivity index (χ1) is 12.2. The fourth-order valence-electron chi connectivity index (χ4n) is 2.79. The molecule has 0 amide bonds. The van der Waals surface area contributed by atoms with Crippen LogP contribution in [0.15, 0.2) is 72.3 Å². The topological polar surface area (TPSA) is 9.23 Å². The smallest absolute Gasteiger partial charge is 0.129 e. The summed E-state index contributed by atoms with van der Waals surface area (Å²) in [5, 5.41) is 0. The molecule has 3 heteroatoms. The van der Waals surface area contributed by atoms with Crippen molar-refractivity contribution in [3.63, 3.8) is 0 Å². The predicted octanol–water partition coefficient (Wildman–Crippen LogP) is 6.58. The van der Waals surface area contributed by atoms with Crippen molar-refractivity contribution in [1.29, 1.82) is 0 Å². The summed E-state index contributed by atoms with van der Waals surface area (Å²) in [6.07, 6.45) is 1.11. The molecule has 132 valence electrons. The average Bonchev–Trinajstić information content (AvgIpc) is 2.65. The van der Waals surface area contributed by atoms with E-state index in [0.717, 1.165) is 11.1 Å². The minimum absolute atomic E-state index is 0.225. The third kappa shape index (κ3) is 5.36. The van der Waals surface area contributed by atoms with Gasteiger partial charge in [-0.15, -0.1) is 0 Å². The van der Waals surface area contributed by atoms with Gasteiger partial charge in [-0.2, -0.15) is 0 Å². The maximum atomic E-state index is 14.4. The number of rotatable bonds is 8. The first-order valence-corrected chi connectivity index (χ1v) is 8.61. The van der Waals surface area contributed by atoms with E-state index in [9.17, 15) is 8.78 Å². The molecule has 0 atom stereocenters. The Bertz CT molecular complexity index is 655. The molecule has 0 saturated carbocycles. The molecule has 0 aliphatic carbocycles. The van der Waals surface area contributed by atoms with Crippen LogP contribution in [0.1, 0.15) is 37.8 Å². The van der Waals surface area contributed by atoms with Gasteiger partial charge in [0.2, 0.25) is 0 Å². The highest BCUT2D eigenvalue weighted by molar-refractivity contribution is 5.68. The number of ether oxygens (including phenoxy) is 1. The summed E-state index contributed by atoms with van der Waals surface area (Å²) in [6.45, 7) is 3.34. The van der Waals surface area contributed by atoms with E-state index in [1.165, 1.54) is 0 Å². The van der Waals surface area contributed by atoms with Gasteiger partial charge in [0.15, 0.2) is 0 Å². The lowest BCUT2D eigenvalue weighted by Crippen LogP contribution is -2.02. The highest BCUT2D eigenvalue weighted by Crippen LogP contribution is 2.25. The molecule has 25 heavy (non-hydrogen) atoms. The third-order valence-corrected chi connectivity index (χ3v) is 4.06. The van der Waals surface area contributed by atoms with Gasteiger partial charge in [-0.25, -0.2) is 8.78 Å². The minimum atomic E-state index is -0.348. The summed E-state index contributed by atoms with van der Waals surface area (Å²) in [5.41, 5.74) is 2.87. The molecule has 0 fully saturated rings. The second-order valence-electron chi connectivity index (χ2n) is 5.70. The Morgan fingerprint density at radius 1 is 0.680 bits per heavy atom. The number of hydrogen-bond donors (Lipinski definition) is 0. The molecular formula is C22H24F2O. The number of benzene rings is 2. The van der Waals surface area contributed by atoms with Crippen LogP contribution in [0.2, 0.25) is 0 Å². The maximum absolute atomic E-state index is 14.4. The summed E-state index contributed by atoms with van der Waals surface area (Å²) in [4.78, 5) is 0. The van der Waals surface area contributed by atoms with Gasteiger partial charge in [-0.05, 0) is 35.1 Å². The lowest BCUT2D eigenvalue weighted by Gasteiger charge is -2.10. The SMILES string of the molecule is CCC(=C(F)COCC(F)=C(CC)c1ccccc1)c1ccccc1. The van der Waals surface area contributed by atoms with Gasteiger partial charge in [0.25, 0.3) is 0 Å². The highest BCUT2D eigenvalue weighted by Gasteiger charge is 2.11. The van der Waals surface area contributed by atoms with E-state index in [-0.39, 0.29) is 24.9 Å². The third-order valence-electron chi connectivity index (χ3n) is 4.06. The van der Waals surface area contributed by atoms with Gasteiger partial charge in [0, 0.05) is 0 Å². The number of halogens is 2. The van der Waals surface area contributed by atoms with E-state index in [4.69, 9.17) is 4.74 Å². The molecule has 0 saturated heterocycles. The van der Waals surface area contributed by atoms with Gasteiger partial charge in [-0.3, -0.25) is 0 Å². The van der Waals surface area contributed by atoms with Crippen LogP contribution < -0.4 is 0 Å². The Morgan fingerprint density at radius 3 is 1.36 bits per heavy atom. The maximum Gasteiger partial charge on any atom is 0.129 e. The number of hydrogen-bond acceptors (Lipinski definition) is 1. The fraction of sp³-hybridized carbons (Fsp3) is 0.273. The van der Waals surface area contributed by atoms with Crippen molar-refractivity contribution < 1.29 is 13.5 Å². The molecule has 0 spiro atoms. The van der Waals surface area contributed by atoms with Crippen LogP contribution >= 0.6 is 0 Å². The zero-order valence-electron chi connectivity index (χ0n) is 14.8.